The van der Waals surface area contributed by atoms with E-state index in [2.05, 4.69) is 20.8 Å². The highest BCUT2D eigenvalue weighted by molar-refractivity contribution is 5.94. The Hall–Kier alpha value is -3.61. The van der Waals surface area contributed by atoms with Gasteiger partial charge < -0.3 is 10.6 Å². The SMILES string of the molecule is CC(=O)c1ccc(Nc2ccc(C(=O)NCCc3ccc(F)cc3)nn2)cc1. The summed E-state index contributed by atoms with van der Waals surface area (Å²) in [6.45, 7) is 1.92. The summed E-state index contributed by atoms with van der Waals surface area (Å²) in [5.41, 5.74) is 2.53. The van der Waals surface area contributed by atoms with Crippen LogP contribution in [0.15, 0.2) is 60.7 Å². The van der Waals surface area contributed by atoms with Crippen molar-refractivity contribution < 1.29 is 14.0 Å². The lowest BCUT2D eigenvalue weighted by molar-refractivity contribution is 0.0947. The first-order valence-electron chi connectivity index (χ1n) is 8.75. The average Bonchev–Trinajstić information content (AvgIpc) is 2.70. The molecule has 1 heterocycles. The Balaban J connectivity index is 1.52. The number of carbonyl (C=O) groups excluding carboxylic acids is 2. The van der Waals surface area contributed by atoms with Gasteiger partial charge in [0.25, 0.3) is 5.91 Å². The first-order valence-corrected chi connectivity index (χ1v) is 8.75. The van der Waals surface area contributed by atoms with E-state index in [1.807, 2.05) is 0 Å². The van der Waals surface area contributed by atoms with Crippen LogP contribution in [0, 0.1) is 5.82 Å². The van der Waals surface area contributed by atoms with Gasteiger partial charge in [-0.25, -0.2) is 4.39 Å². The highest BCUT2D eigenvalue weighted by atomic mass is 19.1. The molecule has 0 saturated carbocycles. The lowest BCUT2D eigenvalue weighted by Gasteiger charge is -2.07. The van der Waals surface area contributed by atoms with Gasteiger partial charge in [0.05, 0.1) is 0 Å². The molecule has 0 fully saturated rings. The predicted octanol–water partition coefficient (Wildman–Crippen LogP) is 3.53. The zero-order chi connectivity index (χ0) is 19.9. The minimum atomic E-state index is -0.327. The molecule has 0 radical (unpaired) electrons. The molecular weight excluding hydrogens is 359 g/mol. The quantitative estimate of drug-likeness (QED) is 0.615. The highest BCUT2D eigenvalue weighted by Crippen LogP contribution is 2.15. The third-order valence-corrected chi connectivity index (χ3v) is 4.07. The second-order valence-corrected chi connectivity index (χ2v) is 6.19. The third-order valence-electron chi connectivity index (χ3n) is 4.07. The van der Waals surface area contributed by atoms with Gasteiger partial charge in [-0.2, -0.15) is 0 Å². The number of anilines is 2. The van der Waals surface area contributed by atoms with Crippen molar-refractivity contribution in [3.05, 3.63) is 83.3 Å². The Morgan fingerprint density at radius 1 is 0.929 bits per heavy atom. The summed E-state index contributed by atoms with van der Waals surface area (Å²) in [5.74, 6) is -0.127. The molecule has 0 bridgehead atoms. The number of Topliss-reactive ketones (excluding diaryl/α,β-unsaturated/α-hetero) is 1. The number of aromatic nitrogens is 2. The zero-order valence-corrected chi connectivity index (χ0v) is 15.3. The molecule has 0 aliphatic rings. The van der Waals surface area contributed by atoms with E-state index in [0.29, 0.717) is 24.3 Å². The number of nitrogens with zero attached hydrogens (tertiary/aromatic N) is 2. The van der Waals surface area contributed by atoms with Crippen molar-refractivity contribution >= 4 is 23.2 Å². The smallest absolute Gasteiger partial charge is 0.271 e. The Bertz CT molecular complexity index is 955. The van der Waals surface area contributed by atoms with Crippen LogP contribution in [0.5, 0.6) is 0 Å². The van der Waals surface area contributed by atoms with E-state index < -0.39 is 0 Å². The average molecular weight is 378 g/mol. The van der Waals surface area contributed by atoms with Gasteiger partial charge >= 0.3 is 0 Å². The van der Waals surface area contributed by atoms with Crippen molar-refractivity contribution in [3.63, 3.8) is 0 Å². The van der Waals surface area contributed by atoms with Gasteiger partial charge in [0.1, 0.15) is 5.82 Å². The van der Waals surface area contributed by atoms with Crippen LogP contribution in [-0.4, -0.2) is 28.4 Å². The van der Waals surface area contributed by atoms with E-state index >= 15 is 0 Å². The number of amides is 1. The fraction of sp³-hybridized carbons (Fsp3) is 0.143. The lowest BCUT2D eigenvalue weighted by atomic mass is 10.1. The van der Waals surface area contributed by atoms with Gasteiger partial charge in [-0.05, 0) is 67.4 Å². The number of halogens is 1. The first-order chi connectivity index (χ1) is 13.5. The monoisotopic (exact) mass is 378 g/mol. The molecular formula is C21H19FN4O2. The Labute approximate surface area is 161 Å². The summed E-state index contributed by atoms with van der Waals surface area (Å²) < 4.78 is 12.9. The Morgan fingerprint density at radius 3 is 2.25 bits per heavy atom. The summed E-state index contributed by atoms with van der Waals surface area (Å²) in [7, 11) is 0. The summed E-state index contributed by atoms with van der Waals surface area (Å²) in [5, 5.41) is 13.7. The van der Waals surface area contributed by atoms with Crippen LogP contribution in [0.2, 0.25) is 0 Å². The van der Waals surface area contributed by atoms with E-state index in [1.54, 1.807) is 48.5 Å². The van der Waals surface area contributed by atoms with Crippen LogP contribution in [0.1, 0.15) is 33.3 Å². The topological polar surface area (TPSA) is 84.0 Å². The molecule has 3 aromatic rings. The summed E-state index contributed by atoms with van der Waals surface area (Å²) in [4.78, 5) is 23.4. The zero-order valence-electron chi connectivity index (χ0n) is 15.3. The maximum atomic E-state index is 12.9. The van der Waals surface area contributed by atoms with Crippen molar-refractivity contribution in [1.29, 1.82) is 0 Å². The molecule has 0 aliphatic carbocycles. The molecule has 2 N–H and O–H groups in total. The normalized spacial score (nSPS) is 10.4. The molecule has 6 nitrogen and oxygen atoms in total. The second kappa shape index (κ2) is 8.85. The van der Waals surface area contributed by atoms with Crippen LogP contribution >= 0.6 is 0 Å². The molecule has 1 aromatic heterocycles. The molecule has 0 aliphatic heterocycles. The highest BCUT2D eigenvalue weighted by Gasteiger charge is 2.08. The van der Waals surface area contributed by atoms with Gasteiger partial charge in [0.2, 0.25) is 0 Å². The summed E-state index contributed by atoms with van der Waals surface area (Å²) in [6, 6.07) is 16.4. The van der Waals surface area contributed by atoms with Gasteiger partial charge in [0.15, 0.2) is 17.3 Å². The van der Waals surface area contributed by atoms with Crippen LogP contribution < -0.4 is 10.6 Å². The summed E-state index contributed by atoms with van der Waals surface area (Å²) in [6.07, 6.45) is 0.593. The van der Waals surface area contributed by atoms with E-state index in [9.17, 15) is 14.0 Å². The summed E-state index contributed by atoms with van der Waals surface area (Å²) >= 11 is 0. The van der Waals surface area contributed by atoms with Crippen molar-refractivity contribution in [2.45, 2.75) is 13.3 Å². The fourth-order valence-corrected chi connectivity index (χ4v) is 2.52. The van der Waals surface area contributed by atoms with E-state index in [4.69, 9.17) is 0 Å². The van der Waals surface area contributed by atoms with Crippen molar-refractivity contribution in [2.75, 3.05) is 11.9 Å². The maximum absolute atomic E-state index is 12.9. The predicted molar refractivity (Wildman–Crippen MR) is 104 cm³/mol. The van der Waals surface area contributed by atoms with Gasteiger partial charge in [-0.3, -0.25) is 9.59 Å². The van der Waals surface area contributed by atoms with E-state index in [-0.39, 0.29) is 23.2 Å². The molecule has 0 atom stereocenters. The number of benzene rings is 2. The number of hydrogen-bond acceptors (Lipinski definition) is 5. The minimum absolute atomic E-state index is 0.00105. The molecule has 0 saturated heterocycles. The van der Waals surface area contributed by atoms with Gasteiger partial charge in [-0.1, -0.05) is 12.1 Å². The van der Waals surface area contributed by atoms with E-state index in [1.165, 1.54) is 19.1 Å². The lowest BCUT2D eigenvalue weighted by Crippen LogP contribution is -2.26. The third kappa shape index (κ3) is 5.20. The standard InChI is InChI=1S/C21H19FN4O2/c1-14(27)16-4-8-18(9-5-16)24-20-11-10-19(25-26-20)21(28)23-13-12-15-2-6-17(22)7-3-15/h2-11H,12-13H2,1H3,(H,23,28)(H,24,26). The van der Waals surface area contributed by atoms with Crippen LogP contribution in [-0.2, 0) is 6.42 Å². The molecule has 0 unspecified atom stereocenters. The second-order valence-electron chi connectivity index (χ2n) is 6.19. The first kappa shape index (κ1) is 19.2. The van der Waals surface area contributed by atoms with Crippen LogP contribution in [0.3, 0.4) is 0 Å². The minimum Gasteiger partial charge on any atom is -0.350 e. The van der Waals surface area contributed by atoms with Gasteiger partial charge in [-0.15, -0.1) is 10.2 Å². The van der Waals surface area contributed by atoms with Crippen molar-refractivity contribution in [3.8, 4) is 0 Å². The number of ketones is 1. The molecule has 2 aromatic carbocycles. The van der Waals surface area contributed by atoms with E-state index in [0.717, 1.165) is 11.3 Å². The van der Waals surface area contributed by atoms with Crippen LogP contribution in [0.4, 0.5) is 15.9 Å². The van der Waals surface area contributed by atoms with Crippen molar-refractivity contribution in [2.24, 2.45) is 0 Å². The number of hydrogen-bond donors (Lipinski definition) is 2. The van der Waals surface area contributed by atoms with Gasteiger partial charge in [0, 0.05) is 17.8 Å². The molecule has 1 amide bonds. The van der Waals surface area contributed by atoms with Crippen LogP contribution in [0.25, 0.3) is 0 Å². The maximum Gasteiger partial charge on any atom is 0.271 e. The largest absolute Gasteiger partial charge is 0.350 e. The number of nitrogens with one attached hydrogen (secondary N) is 2. The van der Waals surface area contributed by atoms with Crippen molar-refractivity contribution in [1.82, 2.24) is 15.5 Å². The molecule has 28 heavy (non-hydrogen) atoms. The molecule has 3 rings (SSSR count). The number of rotatable bonds is 7. The molecule has 0 spiro atoms. The molecule has 7 heteroatoms. The molecule has 142 valence electrons. The fourth-order valence-electron chi connectivity index (χ4n) is 2.52. The Morgan fingerprint density at radius 2 is 1.64 bits per heavy atom. The Kier molecular flexibility index (Phi) is 6.06. The number of carbonyl (C=O) groups is 2.